The van der Waals surface area contributed by atoms with Gasteiger partial charge in [0.1, 0.15) is 0 Å². The van der Waals surface area contributed by atoms with E-state index in [9.17, 15) is 10.1 Å². The Morgan fingerprint density at radius 2 is 2.10 bits per heavy atom. The van der Waals surface area contributed by atoms with Gasteiger partial charge in [0, 0.05) is 24.8 Å². The van der Waals surface area contributed by atoms with E-state index in [0.717, 1.165) is 12.1 Å². The van der Waals surface area contributed by atoms with Gasteiger partial charge in [-0.1, -0.05) is 13.8 Å². The van der Waals surface area contributed by atoms with Crippen LogP contribution in [-0.2, 0) is 0 Å². The van der Waals surface area contributed by atoms with Crippen molar-refractivity contribution in [3.63, 3.8) is 0 Å². The molecule has 1 heterocycles. The van der Waals surface area contributed by atoms with Crippen LogP contribution >= 0.6 is 0 Å². The maximum absolute atomic E-state index is 11.1. The predicted octanol–water partition coefficient (Wildman–Crippen LogP) is 2.69. The summed E-state index contributed by atoms with van der Waals surface area (Å²) in [4.78, 5) is 17.0. The van der Waals surface area contributed by atoms with Crippen molar-refractivity contribution < 1.29 is 4.92 Å². The van der Waals surface area contributed by atoms with Gasteiger partial charge in [0.25, 0.3) is 0 Å². The van der Waals surface area contributed by atoms with Crippen LogP contribution in [0.1, 0.15) is 26.3 Å². The summed E-state index contributed by atoms with van der Waals surface area (Å²) >= 11 is 0. The van der Waals surface area contributed by atoms with E-state index >= 15 is 0 Å². The van der Waals surface area contributed by atoms with Crippen molar-refractivity contribution in [3.05, 3.63) is 27.9 Å². The van der Waals surface area contributed by atoms with Crippen LogP contribution in [0.2, 0.25) is 0 Å². The van der Waals surface area contributed by atoms with E-state index in [1.807, 2.05) is 21.0 Å². The Morgan fingerprint density at radius 3 is 2.60 bits per heavy atom. The quantitative estimate of drug-likeness (QED) is 0.640. The van der Waals surface area contributed by atoms with Gasteiger partial charge in [-0.3, -0.25) is 10.1 Å². The number of nitrogens with zero attached hydrogens (tertiary/aromatic N) is 3. The maximum atomic E-state index is 11.1. The number of nitrogens with one attached hydrogen (secondary N) is 1. The fourth-order valence-electron chi connectivity index (χ4n) is 2.16. The molecule has 1 rings (SSSR count). The molecule has 0 aromatic carbocycles. The molecule has 0 amide bonds. The Hall–Kier alpha value is -1.69. The molecule has 0 aliphatic heterocycles. The molecule has 1 N–H and O–H groups in total. The molecule has 1 aromatic rings. The Kier molecular flexibility index (Phi) is 5.05. The van der Waals surface area contributed by atoms with E-state index < -0.39 is 4.92 Å². The number of hydrogen-bond donors (Lipinski definition) is 1. The molecule has 1 aromatic heterocycles. The summed E-state index contributed by atoms with van der Waals surface area (Å²) in [6.45, 7) is 8.95. The number of rotatable bonds is 6. The fraction of sp³-hybridized carbons (Fsp3) is 0.643. The monoisotopic (exact) mass is 280 g/mol. The summed E-state index contributed by atoms with van der Waals surface area (Å²) in [7, 11) is 4.03. The molecule has 1 unspecified atom stereocenters. The molecular weight excluding hydrogens is 256 g/mol. The van der Waals surface area contributed by atoms with Crippen LogP contribution in [-0.4, -0.2) is 41.5 Å². The summed E-state index contributed by atoms with van der Waals surface area (Å²) in [6.07, 6.45) is 1.64. The van der Waals surface area contributed by atoms with Gasteiger partial charge in [0.05, 0.1) is 4.92 Å². The normalized spacial score (nSPS) is 13.3. The zero-order valence-electron chi connectivity index (χ0n) is 13.1. The minimum Gasteiger partial charge on any atom is -0.361 e. The first-order chi connectivity index (χ1) is 9.13. The summed E-state index contributed by atoms with van der Waals surface area (Å²) in [5.41, 5.74) is 0.768. The minimum atomic E-state index is -0.395. The van der Waals surface area contributed by atoms with Gasteiger partial charge in [-0.25, -0.2) is 4.98 Å². The lowest BCUT2D eigenvalue weighted by Gasteiger charge is -2.35. The molecule has 0 fully saturated rings. The fourth-order valence-corrected chi connectivity index (χ4v) is 2.16. The number of anilines is 1. The molecule has 20 heavy (non-hydrogen) atoms. The van der Waals surface area contributed by atoms with Gasteiger partial charge in [0.15, 0.2) is 0 Å². The van der Waals surface area contributed by atoms with Crippen molar-refractivity contribution in [1.29, 1.82) is 0 Å². The SMILES string of the molecule is Cc1cnc(NC(C)C(C)(C)CN(C)C)c([N+](=O)[O-])c1. The highest BCUT2D eigenvalue weighted by atomic mass is 16.6. The van der Waals surface area contributed by atoms with E-state index in [0.29, 0.717) is 5.82 Å². The molecule has 0 saturated carbocycles. The molecule has 0 aliphatic carbocycles. The molecule has 6 nitrogen and oxygen atoms in total. The van der Waals surface area contributed by atoms with Crippen LogP contribution in [0.3, 0.4) is 0 Å². The maximum Gasteiger partial charge on any atom is 0.311 e. The van der Waals surface area contributed by atoms with E-state index in [1.54, 1.807) is 19.2 Å². The van der Waals surface area contributed by atoms with Gasteiger partial charge in [-0.2, -0.15) is 0 Å². The van der Waals surface area contributed by atoms with E-state index in [2.05, 4.69) is 29.0 Å². The van der Waals surface area contributed by atoms with Gasteiger partial charge >= 0.3 is 5.69 Å². The highest BCUT2D eigenvalue weighted by Crippen LogP contribution is 2.28. The third-order valence-corrected chi connectivity index (χ3v) is 3.45. The lowest BCUT2D eigenvalue weighted by atomic mass is 9.85. The number of aromatic nitrogens is 1. The van der Waals surface area contributed by atoms with E-state index in [1.165, 1.54) is 0 Å². The van der Waals surface area contributed by atoms with Crippen LogP contribution in [0.4, 0.5) is 11.5 Å². The number of hydrogen-bond acceptors (Lipinski definition) is 5. The molecule has 0 bridgehead atoms. The third-order valence-electron chi connectivity index (χ3n) is 3.45. The van der Waals surface area contributed by atoms with E-state index in [-0.39, 0.29) is 17.1 Å². The molecule has 0 spiro atoms. The number of nitro groups is 1. The first-order valence-electron chi connectivity index (χ1n) is 6.66. The lowest BCUT2D eigenvalue weighted by Crippen LogP contribution is -2.41. The van der Waals surface area contributed by atoms with Crippen LogP contribution in [0.15, 0.2) is 12.3 Å². The summed E-state index contributed by atoms with van der Waals surface area (Å²) < 4.78 is 0. The summed E-state index contributed by atoms with van der Waals surface area (Å²) in [5, 5.41) is 14.3. The molecule has 6 heteroatoms. The molecule has 1 atom stereocenters. The molecule has 112 valence electrons. The second kappa shape index (κ2) is 6.17. The topological polar surface area (TPSA) is 71.3 Å². The van der Waals surface area contributed by atoms with Gasteiger partial charge in [-0.15, -0.1) is 0 Å². The standard InChI is InChI=1S/C14H24N4O2/c1-10-7-12(18(19)20)13(15-8-10)16-11(2)14(3,4)9-17(5)6/h7-8,11H,9H2,1-6H3,(H,15,16). The summed E-state index contributed by atoms with van der Waals surface area (Å²) in [5.74, 6) is 0.333. The van der Waals surface area contributed by atoms with Crippen LogP contribution < -0.4 is 5.32 Å². The summed E-state index contributed by atoms with van der Waals surface area (Å²) in [6, 6.07) is 1.60. The van der Waals surface area contributed by atoms with Gasteiger partial charge < -0.3 is 10.2 Å². The van der Waals surface area contributed by atoms with Crippen molar-refractivity contribution in [2.24, 2.45) is 5.41 Å². The molecule has 0 saturated heterocycles. The molecular formula is C14H24N4O2. The molecule has 0 aliphatic rings. The Morgan fingerprint density at radius 1 is 1.50 bits per heavy atom. The average Bonchev–Trinajstić information content (AvgIpc) is 2.29. The Balaban J connectivity index is 2.96. The third kappa shape index (κ3) is 4.16. The van der Waals surface area contributed by atoms with Gasteiger partial charge in [-0.05, 0) is 38.9 Å². The lowest BCUT2D eigenvalue weighted by molar-refractivity contribution is -0.384. The van der Waals surface area contributed by atoms with Crippen molar-refractivity contribution in [2.75, 3.05) is 26.0 Å². The van der Waals surface area contributed by atoms with Crippen LogP contribution in [0.5, 0.6) is 0 Å². The van der Waals surface area contributed by atoms with Crippen molar-refractivity contribution in [3.8, 4) is 0 Å². The Labute approximate surface area is 120 Å². The van der Waals surface area contributed by atoms with Gasteiger partial charge in [0.2, 0.25) is 5.82 Å². The van der Waals surface area contributed by atoms with Crippen LogP contribution in [0.25, 0.3) is 0 Å². The second-order valence-electron chi connectivity index (χ2n) is 6.23. The number of aryl methyl sites for hydroxylation is 1. The van der Waals surface area contributed by atoms with Crippen molar-refractivity contribution in [2.45, 2.75) is 33.7 Å². The smallest absolute Gasteiger partial charge is 0.311 e. The minimum absolute atomic E-state index is 0.0255. The van der Waals surface area contributed by atoms with E-state index in [4.69, 9.17) is 0 Å². The average molecular weight is 280 g/mol. The van der Waals surface area contributed by atoms with Crippen LogP contribution in [0, 0.1) is 22.5 Å². The highest BCUT2D eigenvalue weighted by Gasteiger charge is 2.28. The number of pyridine rings is 1. The second-order valence-corrected chi connectivity index (χ2v) is 6.23. The predicted molar refractivity (Wildman–Crippen MR) is 81.0 cm³/mol. The van der Waals surface area contributed by atoms with Crippen molar-refractivity contribution in [1.82, 2.24) is 9.88 Å². The van der Waals surface area contributed by atoms with Crippen molar-refractivity contribution >= 4 is 11.5 Å². The largest absolute Gasteiger partial charge is 0.361 e. The zero-order valence-corrected chi connectivity index (χ0v) is 13.1. The first-order valence-corrected chi connectivity index (χ1v) is 6.66. The molecule has 0 radical (unpaired) electrons. The first kappa shape index (κ1) is 16.4. The zero-order chi connectivity index (χ0) is 15.5. The highest BCUT2D eigenvalue weighted by molar-refractivity contribution is 5.57. The Bertz CT molecular complexity index is 486.